The molecule has 0 fully saturated rings. The Labute approximate surface area is 125 Å². The number of nitrogens with one attached hydrogen (secondary N) is 3. The third kappa shape index (κ3) is 5.81. The Kier molecular flexibility index (Phi) is 7.21. The molecule has 0 saturated heterocycles. The molecular formula is C15H24N4O2. The number of hydrogen-bond donors (Lipinski definition) is 3. The molecule has 0 bridgehead atoms. The molecule has 0 aliphatic rings. The normalized spacial score (nSPS) is 10.0. The van der Waals surface area contributed by atoms with Crippen molar-refractivity contribution in [1.29, 1.82) is 0 Å². The highest BCUT2D eigenvalue weighted by Crippen LogP contribution is 2.11. The summed E-state index contributed by atoms with van der Waals surface area (Å²) in [4.78, 5) is 27.8. The second-order valence-corrected chi connectivity index (χ2v) is 4.69. The van der Waals surface area contributed by atoms with Gasteiger partial charge in [0.2, 0.25) is 5.91 Å². The van der Waals surface area contributed by atoms with Crippen molar-refractivity contribution in [2.75, 3.05) is 25.5 Å². The first-order valence-electron chi connectivity index (χ1n) is 7.34. The molecule has 0 radical (unpaired) electrons. The van der Waals surface area contributed by atoms with Crippen LogP contribution in [0.2, 0.25) is 0 Å². The molecule has 1 aromatic heterocycles. The van der Waals surface area contributed by atoms with Gasteiger partial charge in [-0.1, -0.05) is 13.3 Å². The highest BCUT2D eigenvalue weighted by Gasteiger charge is 2.10. The molecule has 116 valence electrons. The van der Waals surface area contributed by atoms with E-state index in [9.17, 15) is 9.59 Å². The van der Waals surface area contributed by atoms with Gasteiger partial charge < -0.3 is 16.0 Å². The van der Waals surface area contributed by atoms with Crippen LogP contribution in [0.25, 0.3) is 0 Å². The summed E-state index contributed by atoms with van der Waals surface area (Å²) in [6, 6.07) is 3.51. The van der Waals surface area contributed by atoms with Crippen molar-refractivity contribution < 1.29 is 9.59 Å². The first-order valence-corrected chi connectivity index (χ1v) is 7.34. The Hall–Kier alpha value is -2.11. The Bertz CT molecular complexity index is 489. The largest absolute Gasteiger partial charge is 0.373 e. The number of aromatic nitrogens is 1. The summed E-state index contributed by atoms with van der Waals surface area (Å²) in [6.07, 6.45) is 2.08. The van der Waals surface area contributed by atoms with Crippen LogP contribution in [0.15, 0.2) is 12.1 Å². The van der Waals surface area contributed by atoms with E-state index in [4.69, 9.17) is 0 Å². The quantitative estimate of drug-likeness (QED) is 0.675. The number of anilines is 1. The topological polar surface area (TPSA) is 83.1 Å². The molecular weight excluding hydrogens is 268 g/mol. The monoisotopic (exact) mass is 292 g/mol. The van der Waals surface area contributed by atoms with Crippen molar-refractivity contribution in [1.82, 2.24) is 15.6 Å². The van der Waals surface area contributed by atoms with E-state index in [1.165, 1.54) is 0 Å². The Morgan fingerprint density at radius 3 is 2.57 bits per heavy atom. The van der Waals surface area contributed by atoms with Crippen molar-refractivity contribution in [3.05, 3.63) is 23.4 Å². The second-order valence-electron chi connectivity index (χ2n) is 4.69. The first kappa shape index (κ1) is 16.9. The third-order valence-corrected chi connectivity index (χ3v) is 2.91. The Morgan fingerprint density at radius 2 is 1.95 bits per heavy atom. The van der Waals surface area contributed by atoms with E-state index in [1.54, 1.807) is 19.2 Å². The molecule has 2 amide bonds. The first-order chi connectivity index (χ1) is 10.1. The van der Waals surface area contributed by atoms with E-state index < -0.39 is 0 Å². The third-order valence-electron chi connectivity index (χ3n) is 2.91. The molecule has 1 heterocycles. The number of amides is 2. The zero-order valence-corrected chi connectivity index (χ0v) is 13.0. The lowest BCUT2D eigenvalue weighted by molar-refractivity contribution is -0.120. The molecule has 0 unspecified atom stereocenters. The minimum Gasteiger partial charge on any atom is -0.373 e. The zero-order valence-electron chi connectivity index (χ0n) is 13.0. The van der Waals surface area contributed by atoms with Crippen LogP contribution >= 0.6 is 0 Å². The van der Waals surface area contributed by atoms with Crippen molar-refractivity contribution in [3.8, 4) is 0 Å². The molecule has 1 aromatic rings. The van der Waals surface area contributed by atoms with E-state index in [1.807, 2.05) is 6.92 Å². The van der Waals surface area contributed by atoms with E-state index in [2.05, 4.69) is 27.9 Å². The van der Waals surface area contributed by atoms with Gasteiger partial charge in [-0.2, -0.15) is 0 Å². The summed E-state index contributed by atoms with van der Waals surface area (Å²) in [5.41, 5.74) is 1.45. The second kappa shape index (κ2) is 8.94. The SMILES string of the molecule is CCCc1cc(C(=O)NCCC(=O)NCC)cc(NC)n1. The lowest BCUT2D eigenvalue weighted by atomic mass is 10.1. The molecule has 0 aromatic carbocycles. The highest BCUT2D eigenvalue weighted by molar-refractivity contribution is 5.95. The number of carbonyl (C=O) groups is 2. The predicted molar refractivity (Wildman–Crippen MR) is 83.4 cm³/mol. The summed E-state index contributed by atoms with van der Waals surface area (Å²) in [5, 5.41) is 8.40. The van der Waals surface area contributed by atoms with Crippen molar-refractivity contribution in [3.63, 3.8) is 0 Å². The van der Waals surface area contributed by atoms with E-state index >= 15 is 0 Å². The number of rotatable bonds is 8. The summed E-state index contributed by atoms with van der Waals surface area (Å²) in [7, 11) is 1.77. The number of aryl methyl sites for hydroxylation is 1. The molecule has 0 spiro atoms. The lowest BCUT2D eigenvalue weighted by Gasteiger charge is -2.09. The fraction of sp³-hybridized carbons (Fsp3) is 0.533. The van der Waals surface area contributed by atoms with Gasteiger partial charge in [-0.05, 0) is 25.5 Å². The minimum atomic E-state index is -0.185. The number of hydrogen-bond acceptors (Lipinski definition) is 4. The number of nitrogens with zero attached hydrogens (tertiary/aromatic N) is 1. The van der Waals surface area contributed by atoms with Gasteiger partial charge in [-0.15, -0.1) is 0 Å². The molecule has 6 nitrogen and oxygen atoms in total. The predicted octanol–water partition coefficient (Wildman–Crippen LogP) is 1.33. The fourth-order valence-electron chi connectivity index (χ4n) is 1.91. The van der Waals surface area contributed by atoms with Crippen LogP contribution in [0.1, 0.15) is 42.7 Å². The Balaban J connectivity index is 2.64. The van der Waals surface area contributed by atoms with E-state index in [0.29, 0.717) is 24.5 Å². The number of pyridine rings is 1. The van der Waals surface area contributed by atoms with Crippen LogP contribution in [0.4, 0.5) is 5.82 Å². The van der Waals surface area contributed by atoms with Gasteiger partial charge in [0.15, 0.2) is 0 Å². The van der Waals surface area contributed by atoms with Crippen molar-refractivity contribution in [2.45, 2.75) is 33.1 Å². The molecule has 0 saturated carbocycles. The lowest BCUT2D eigenvalue weighted by Crippen LogP contribution is -2.30. The molecule has 3 N–H and O–H groups in total. The van der Waals surface area contributed by atoms with Crippen molar-refractivity contribution >= 4 is 17.6 Å². The minimum absolute atomic E-state index is 0.0601. The standard InChI is InChI=1S/C15H24N4O2/c1-4-6-12-9-11(10-13(16-3)19-12)15(21)18-8-7-14(20)17-5-2/h9-10H,4-8H2,1-3H3,(H,16,19)(H,17,20)(H,18,21). The zero-order chi connectivity index (χ0) is 15.7. The molecule has 1 rings (SSSR count). The molecule has 6 heteroatoms. The van der Waals surface area contributed by atoms with Gasteiger partial charge in [0.25, 0.3) is 5.91 Å². The maximum Gasteiger partial charge on any atom is 0.251 e. The van der Waals surface area contributed by atoms with Crippen LogP contribution in [-0.4, -0.2) is 36.9 Å². The number of carbonyl (C=O) groups excluding carboxylic acids is 2. The van der Waals surface area contributed by atoms with Gasteiger partial charge >= 0.3 is 0 Å². The van der Waals surface area contributed by atoms with Gasteiger partial charge in [0.1, 0.15) is 5.82 Å². The Morgan fingerprint density at radius 1 is 1.19 bits per heavy atom. The van der Waals surface area contributed by atoms with Crippen LogP contribution in [-0.2, 0) is 11.2 Å². The van der Waals surface area contributed by atoms with Crippen molar-refractivity contribution in [2.24, 2.45) is 0 Å². The van der Waals surface area contributed by atoms with Crippen LogP contribution < -0.4 is 16.0 Å². The molecule has 0 aliphatic carbocycles. The maximum atomic E-state index is 12.1. The average Bonchev–Trinajstić information content (AvgIpc) is 2.47. The average molecular weight is 292 g/mol. The van der Waals surface area contributed by atoms with Gasteiger partial charge in [0, 0.05) is 37.8 Å². The summed E-state index contributed by atoms with van der Waals surface area (Å²) < 4.78 is 0. The highest BCUT2D eigenvalue weighted by atomic mass is 16.2. The van der Waals surface area contributed by atoms with Crippen LogP contribution in [0, 0.1) is 0 Å². The summed E-state index contributed by atoms with van der Waals surface area (Å²) in [6.45, 7) is 4.86. The molecule has 0 atom stereocenters. The summed E-state index contributed by atoms with van der Waals surface area (Å²) >= 11 is 0. The maximum absolute atomic E-state index is 12.1. The van der Waals surface area contributed by atoms with Gasteiger partial charge in [-0.3, -0.25) is 9.59 Å². The summed E-state index contributed by atoms with van der Waals surface area (Å²) in [5.74, 6) is 0.431. The van der Waals surface area contributed by atoms with Crippen LogP contribution in [0.3, 0.4) is 0 Å². The smallest absolute Gasteiger partial charge is 0.251 e. The fourth-order valence-corrected chi connectivity index (χ4v) is 1.91. The molecule has 0 aliphatic heterocycles. The van der Waals surface area contributed by atoms with Gasteiger partial charge in [-0.25, -0.2) is 4.98 Å². The van der Waals surface area contributed by atoms with E-state index in [-0.39, 0.29) is 18.2 Å². The van der Waals surface area contributed by atoms with Gasteiger partial charge in [0.05, 0.1) is 0 Å². The van der Waals surface area contributed by atoms with Crippen LogP contribution in [0.5, 0.6) is 0 Å². The van der Waals surface area contributed by atoms with E-state index in [0.717, 1.165) is 18.5 Å². The molecule has 21 heavy (non-hydrogen) atoms.